The van der Waals surface area contributed by atoms with E-state index in [1.54, 1.807) is 0 Å². The van der Waals surface area contributed by atoms with Crippen molar-refractivity contribution >= 4 is 11.6 Å². The van der Waals surface area contributed by atoms with Crippen LogP contribution in [0, 0.1) is 13.8 Å². The van der Waals surface area contributed by atoms with Gasteiger partial charge in [0.25, 0.3) is 0 Å². The Kier molecular flexibility index (Phi) is 6.82. The minimum absolute atomic E-state index is 0.0382. The van der Waals surface area contributed by atoms with Crippen molar-refractivity contribution in [2.24, 2.45) is 0 Å². The van der Waals surface area contributed by atoms with E-state index < -0.39 is 0 Å². The van der Waals surface area contributed by atoms with Gasteiger partial charge in [-0.1, -0.05) is 42.8 Å². The molecule has 0 bridgehead atoms. The predicted molar refractivity (Wildman–Crippen MR) is 98.5 cm³/mol. The van der Waals surface area contributed by atoms with Gasteiger partial charge in [0.05, 0.1) is 13.0 Å². The first-order valence-electron chi connectivity index (χ1n) is 8.38. The van der Waals surface area contributed by atoms with Gasteiger partial charge in [-0.25, -0.2) is 0 Å². The van der Waals surface area contributed by atoms with Gasteiger partial charge >= 0.3 is 0 Å². The van der Waals surface area contributed by atoms with Crippen LogP contribution in [0.2, 0.25) is 0 Å². The van der Waals surface area contributed by atoms with Gasteiger partial charge in [-0.2, -0.15) is 0 Å². The van der Waals surface area contributed by atoms with Gasteiger partial charge in [0, 0.05) is 12.2 Å². The first-order valence-corrected chi connectivity index (χ1v) is 8.38. The van der Waals surface area contributed by atoms with Crippen LogP contribution in [0.4, 0.5) is 5.69 Å². The molecule has 0 aromatic heterocycles. The zero-order valence-corrected chi connectivity index (χ0v) is 14.7. The second kappa shape index (κ2) is 9.08. The Balaban J connectivity index is 1.85. The third kappa shape index (κ3) is 5.39. The Morgan fingerprint density at radius 1 is 1.12 bits per heavy atom. The molecule has 0 spiro atoms. The number of hydrogen-bond donors (Lipinski definition) is 2. The number of ether oxygens (including phenoxy) is 1. The summed E-state index contributed by atoms with van der Waals surface area (Å²) in [6.07, 6.45) is 0.322. The fraction of sp³-hybridized carbons (Fsp3) is 0.350. The van der Waals surface area contributed by atoms with Crippen LogP contribution in [-0.2, 0) is 11.3 Å². The molecule has 0 atom stereocenters. The van der Waals surface area contributed by atoms with Crippen molar-refractivity contribution in [1.29, 1.82) is 0 Å². The lowest BCUT2D eigenvalue weighted by molar-refractivity contribution is -0.116. The summed E-state index contributed by atoms with van der Waals surface area (Å²) in [7, 11) is 0. The van der Waals surface area contributed by atoms with Crippen LogP contribution < -0.4 is 15.4 Å². The fourth-order valence-electron chi connectivity index (χ4n) is 2.48. The molecule has 0 aliphatic rings. The number of anilines is 1. The van der Waals surface area contributed by atoms with E-state index >= 15 is 0 Å². The molecule has 0 heterocycles. The number of rotatable bonds is 8. The number of carbonyl (C=O) groups excluding carboxylic acids is 1. The third-order valence-electron chi connectivity index (χ3n) is 3.77. The van der Waals surface area contributed by atoms with Gasteiger partial charge in [0.2, 0.25) is 5.91 Å². The van der Waals surface area contributed by atoms with Gasteiger partial charge in [-0.15, -0.1) is 0 Å². The van der Waals surface area contributed by atoms with Crippen molar-refractivity contribution in [2.45, 2.75) is 33.7 Å². The molecule has 0 saturated heterocycles. The average molecular weight is 326 g/mol. The van der Waals surface area contributed by atoms with Crippen molar-refractivity contribution < 1.29 is 9.53 Å². The molecule has 0 aliphatic carbocycles. The fourth-order valence-corrected chi connectivity index (χ4v) is 2.48. The molecule has 1 amide bonds. The van der Waals surface area contributed by atoms with E-state index in [9.17, 15) is 4.79 Å². The molecule has 0 unspecified atom stereocenters. The molecule has 0 radical (unpaired) electrons. The molecule has 0 aliphatic heterocycles. The third-order valence-corrected chi connectivity index (χ3v) is 3.77. The summed E-state index contributed by atoms with van der Waals surface area (Å²) >= 11 is 0. The summed E-state index contributed by atoms with van der Waals surface area (Å²) in [5.41, 5.74) is 4.24. The van der Waals surface area contributed by atoms with E-state index in [-0.39, 0.29) is 5.91 Å². The first-order chi connectivity index (χ1) is 11.6. The number of nitrogens with one attached hydrogen (secondary N) is 2. The molecule has 4 nitrogen and oxygen atoms in total. The molecule has 128 valence electrons. The number of carbonyl (C=O) groups is 1. The van der Waals surface area contributed by atoms with Crippen molar-refractivity contribution in [1.82, 2.24) is 5.32 Å². The SMILES string of the molecule is CCNCc1ccccc1NC(=O)CCOc1ccc(C)cc1C. The summed E-state index contributed by atoms with van der Waals surface area (Å²) in [4.78, 5) is 12.2. The highest BCUT2D eigenvalue weighted by atomic mass is 16.5. The maximum atomic E-state index is 12.2. The molecule has 2 aromatic rings. The predicted octanol–water partition coefficient (Wildman–Crippen LogP) is 3.82. The summed E-state index contributed by atoms with van der Waals surface area (Å²) < 4.78 is 5.72. The molecule has 0 fully saturated rings. The largest absolute Gasteiger partial charge is 0.493 e. The summed E-state index contributed by atoms with van der Waals surface area (Å²) in [5.74, 6) is 0.796. The number of aryl methyl sites for hydroxylation is 2. The average Bonchev–Trinajstić information content (AvgIpc) is 2.56. The standard InChI is InChI=1S/C20H26N2O2/c1-4-21-14-17-7-5-6-8-18(17)22-20(23)11-12-24-19-10-9-15(2)13-16(19)3/h5-10,13,21H,4,11-12,14H2,1-3H3,(H,22,23). The molecular formula is C20H26N2O2. The summed E-state index contributed by atoms with van der Waals surface area (Å²) in [6, 6.07) is 13.9. The molecule has 24 heavy (non-hydrogen) atoms. The van der Waals surface area contributed by atoms with Gasteiger partial charge in [0.15, 0.2) is 0 Å². The van der Waals surface area contributed by atoms with Gasteiger partial charge in [-0.3, -0.25) is 4.79 Å². The monoisotopic (exact) mass is 326 g/mol. The lowest BCUT2D eigenvalue weighted by atomic mass is 10.1. The second-order valence-electron chi connectivity index (χ2n) is 5.85. The van der Waals surface area contributed by atoms with E-state index in [0.29, 0.717) is 13.0 Å². The van der Waals surface area contributed by atoms with Crippen LogP contribution in [0.1, 0.15) is 30.0 Å². The molecule has 4 heteroatoms. The summed E-state index contributed by atoms with van der Waals surface area (Å²) in [6.45, 7) is 8.13. The Hall–Kier alpha value is -2.33. The lowest BCUT2D eigenvalue weighted by Gasteiger charge is -2.12. The maximum Gasteiger partial charge on any atom is 0.227 e. The highest BCUT2D eigenvalue weighted by Gasteiger charge is 2.07. The quantitative estimate of drug-likeness (QED) is 0.775. The number of amides is 1. The zero-order valence-electron chi connectivity index (χ0n) is 14.7. The molecule has 0 saturated carbocycles. The Morgan fingerprint density at radius 2 is 1.92 bits per heavy atom. The molecule has 2 rings (SSSR count). The highest BCUT2D eigenvalue weighted by molar-refractivity contribution is 5.91. The van der Waals surface area contributed by atoms with Crippen molar-refractivity contribution in [3.05, 3.63) is 59.2 Å². The smallest absolute Gasteiger partial charge is 0.227 e. The highest BCUT2D eigenvalue weighted by Crippen LogP contribution is 2.19. The van der Waals surface area contributed by atoms with E-state index in [1.165, 1.54) is 5.56 Å². The van der Waals surface area contributed by atoms with Gasteiger partial charge in [0.1, 0.15) is 5.75 Å². The van der Waals surface area contributed by atoms with Crippen LogP contribution in [0.3, 0.4) is 0 Å². The van der Waals surface area contributed by atoms with Crippen LogP contribution >= 0.6 is 0 Å². The topological polar surface area (TPSA) is 50.4 Å². The lowest BCUT2D eigenvalue weighted by Crippen LogP contribution is -2.18. The van der Waals surface area contributed by atoms with Crippen molar-refractivity contribution in [3.8, 4) is 5.75 Å². The second-order valence-corrected chi connectivity index (χ2v) is 5.85. The Bertz CT molecular complexity index is 683. The molecular weight excluding hydrogens is 300 g/mol. The molecule has 2 N–H and O–H groups in total. The molecule has 2 aromatic carbocycles. The zero-order chi connectivity index (χ0) is 17.4. The summed E-state index contributed by atoms with van der Waals surface area (Å²) in [5, 5.41) is 6.25. The van der Waals surface area contributed by atoms with Crippen molar-refractivity contribution in [3.63, 3.8) is 0 Å². The van der Waals surface area contributed by atoms with E-state index in [0.717, 1.165) is 35.7 Å². The van der Waals surface area contributed by atoms with Crippen molar-refractivity contribution in [2.75, 3.05) is 18.5 Å². The van der Waals surface area contributed by atoms with Gasteiger partial charge < -0.3 is 15.4 Å². The van der Waals surface area contributed by atoms with Gasteiger partial charge in [-0.05, 0) is 43.7 Å². The first kappa shape index (κ1) is 18.0. The minimum Gasteiger partial charge on any atom is -0.493 e. The van der Waals surface area contributed by atoms with Crippen LogP contribution in [0.25, 0.3) is 0 Å². The Labute approximate surface area is 144 Å². The van der Waals surface area contributed by atoms with E-state index in [4.69, 9.17) is 4.74 Å². The number of hydrogen-bond acceptors (Lipinski definition) is 3. The van der Waals surface area contributed by atoms with E-state index in [2.05, 4.69) is 30.5 Å². The van der Waals surface area contributed by atoms with Crippen LogP contribution in [-0.4, -0.2) is 19.1 Å². The minimum atomic E-state index is -0.0382. The number of benzene rings is 2. The maximum absolute atomic E-state index is 12.2. The van der Waals surface area contributed by atoms with E-state index in [1.807, 2.05) is 43.3 Å². The van der Waals surface area contributed by atoms with Crippen LogP contribution in [0.15, 0.2) is 42.5 Å². The van der Waals surface area contributed by atoms with Crippen LogP contribution in [0.5, 0.6) is 5.75 Å². The normalized spacial score (nSPS) is 10.5. The Morgan fingerprint density at radius 3 is 2.67 bits per heavy atom. The number of para-hydroxylation sites is 1.